The molecular weight excluding hydrogens is 748 g/mol. The number of carbonyl (C=O) groups excluding carboxylic acids is 1. The average Bonchev–Trinajstić information content (AvgIpc) is 3.18. The number of phenolic OH excluding ortho intramolecular Hbond substituents is 3. The molecule has 0 amide bonds. The van der Waals surface area contributed by atoms with Crippen LogP contribution in [0.1, 0.15) is 11.1 Å². The SMILES string of the molecule is COc1cc(C=CC(=O)OCC2OC(OC3=C(c4ccc(O)c(O)c4)OC4C=C(O)C=C(OC5OC(CO)C(O)C(O)C5O)C4=C3)C(O)C(O)C2O)ccc1O. The van der Waals surface area contributed by atoms with Crippen LogP contribution >= 0.6 is 0 Å². The van der Waals surface area contributed by atoms with E-state index in [4.69, 9.17) is 33.2 Å². The van der Waals surface area contributed by atoms with Crippen LogP contribution in [0.3, 0.4) is 0 Å². The summed E-state index contributed by atoms with van der Waals surface area (Å²) in [5.74, 6) is -2.89. The van der Waals surface area contributed by atoms with Gasteiger partial charge in [0.05, 0.1) is 13.7 Å². The van der Waals surface area contributed by atoms with Crippen molar-refractivity contribution in [3.8, 4) is 23.0 Å². The molecule has 6 rings (SSSR count). The molecule has 0 bridgehead atoms. The van der Waals surface area contributed by atoms with Crippen molar-refractivity contribution in [1.29, 1.82) is 0 Å². The molecular formula is C37H40O19. The van der Waals surface area contributed by atoms with Crippen LogP contribution in [-0.2, 0) is 33.2 Å². The first kappa shape index (κ1) is 40.3. The van der Waals surface area contributed by atoms with Gasteiger partial charge >= 0.3 is 5.97 Å². The number of carbonyl (C=O) groups is 1. The first-order valence-electron chi connectivity index (χ1n) is 17.0. The Hall–Kier alpha value is -5.35. The Balaban J connectivity index is 1.26. The maximum atomic E-state index is 12.6. The molecule has 2 aromatic rings. The highest BCUT2D eigenvalue weighted by Crippen LogP contribution is 2.41. The average molecular weight is 789 g/mol. The Kier molecular flexibility index (Phi) is 12.1. The maximum Gasteiger partial charge on any atom is 0.330 e. The maximum absolute atomic E-state index is 12.6. The molecule has 19 nitrogen and oxygen atoms in total. The van der Waals surface area contributed by atoms with Gasteiger partial charge in [0.1, 0.15) is 73.1 Å². The third-order valence-corrected chi connectivity index (χ3v) is 9.19. The van der Waals surface area contributed by atoms with E-state index in [0.717, 1.165) is 24.3 Å². The number of esters is 1. The topological polar surface area (TPSA) is 304 Å². The van der Waals surface area contributed by atoms with Gasteiger partial charge in [0.25, 0.3) is 0 Å². The lowest BCUT2D eigenvalue weighted by Gasteiger charge is -2.41. The molecule has 1 aliphatic carbocycles. The highest BCUT2D eigenvalue weighted by Gasteiger charge is 2.48. The van der Waals surface area contributed by atoms with E-state index < -0.39 is 98.2 Å². The zero-order valence-corrected chi connectivity index (χ0v) is 29.3. The molecule has 302 valence electrons. The summed E-state index contributed by atoms with van der Waals surface area (Å²) in [6.07, 6.45) is -12.3. The number of rotatable bonds is 11. The minimum Gasteiger partial charge on any atom is -0.508 e. The number of aliphatic hydroxyl groups is 8. The molecule has 0 radical (unpaired) electrons. The van der Waals surface area contributed by atoms with E-state index >= 15 is 0 Å². The summed E-state index contributed by atoms with van der Waals surface area (Å²) in [5, 5.41) is 114. The lowest BCUT2D eigenvalue weighted by molar-refractivity contribution is -0.292. The van der Waals surface area contributed by atoms with Gasteiger partial charge in [-0.1, -0.05) is 6.07 Å². The second kappa shape index (κ2) is 16.8. The van der Waals surface area contributed by atoms with Gasteiger partial charge in [0, 0.05) is 29.4 Å². The monoisotopic (exact) mass is 788 g/mol. The van der Waals surface area contributed by atoms with Gasteiger partial charge in [-0.3, -0.25) is 0 Å². The van der Waals surface area contributed by atoms with E-state index in [-0.39, 0.29) is 45.7 Å². The van der Waals surface area contributed by atoms with Crippen LogP contribution in [0.15, 0.2) is 83.6 Å². The lowest BCUT2D eigenvalue weighted by atomic mass is 9.96. The smallest absolute Gasteiger partial charge is 0.330 e. The molecule has 56 heavy (non-hydrogen) atoms. The van der Waals surface area contributed by atoms with E-state index in [2.05, 4.69) is 0 Å². The lowest BCUT2D eigenvalue weighted by Crippen LogP contribution is -2.59. The van der Waals surface area contributed by atoms with E-state index in [1.165, 1.54) is 49.6 Å². The molecule has 19 heteroatoms. The van der Waals surface area contributed by atoms with Crippen molar-refractivity contribution in [3.63, 3.8) is 0 Å². The Morgan fingerprint density at radius 2 is 1.43 bits per heavy atom. The van der Waals surface area contributed by atoms with Crippen molar-refractivity contribution < 1.29 is 94.1 Å². The summed E-state index contributed by atoms with van der Waals surface area (Å²) in [6, 6.07) is 7.93. The van der Waals surface area contributed by atoms with Crippen LogP contribution in [-0.4, -0.2) is 150 Å². The molecule has 3 heterocycles. The quantitative estimate of drug-likeness (QED) is 0.0742. The third kappa shape index (κ3) is 8.40. The Morgan fingerprint density at radius 1 is 0.768 bits per heavy atom. The second-order valence-electron chi connectivity index (χ2n) is 13.0. The fourth-order valence-electron chi connectivity index (χ4n) is 6.10. The zero-order valence-electron chi connectivity index (χ0n) is 29.3. The van der Waals surface area contributed by atoms with Crippen LogP contribution in [0.25, 0.3) is 11.8 Å². The molecule has 11 N–H and O–H groups in total. The summed E-state index contributed by atoms with van der Waals surface area (Å²) in [6.45, 7) is -1.38. The van der Waals surface area contributed by atoms with E-state index in [9.17, 15) is 61.0 Å². The summed E-state index contributed by atoms with van der Waals surface area (Å²) in [7, 11) is 1.36. The highest BCUT2D eigenvalue weighted by molar-refractivity contribution is 5.87. The zero-order chi connectivity index (χ0) is 40.4. The number of methoxy groups -OCH3 is 1. The highest BCUT2D eigenvalue weighted by atomic mass is 16.7. The van der Waals surface area contributed by atoms with Crippen molar-refractivity contribution in [2.75, 3.05) is 20.3 Å². The van der Waals surface area contributed by atoms with Gasteiger partial charge in [0.15, 0.2) is 34.5 Å². The van der Waals surface area contributed by atoms with Crippen molar-refractivity contribution in [2.24, 2.45) is 0 Å². The summed E-state index contributed by atoms with van der Waals surface area (Å²) in [4.78, 5) is 12.6. The number of ether oxygens (including phenoxy) is 7. The van der Waals surface area contributed by atoms with E-state index in [1.807, 2.05) is 0 Å². The number of hydrogen-bond acceptors (Lipinski definition) is 19. The minimum absolute atomic E-state index is 0.0795. The van der Waals surface area contributed by atoms with Gasteiger partial charge in [-0.2, -0.15) is 0 Å². The van der Waals surface area contributed by atoms with Crippen molar-refractivity contribution in [1.82, 2.24) is 0 Å². The summed E-state index contributed by atoms with van der Waals surface area (Å²) in [5.41, 5.74) is 0.657. The van der Waals surface area contributed by atoms with Crippen LogP contribution in [0.2, 0.25) is 0 Å². The van der Waals surface area contributed by atoms with Crippen LogP contribution in [0.4, 0.5) is 0 Å². The molecule has 4 aliphatic rings. The molecule has 2 fully saturated rings. The summed E-state index contributed by atoms with van der Waals surface area (Å²) >= 11 is 0. The fourth-order valence-corrected chi connectivity index (χ4v) is 6.10. The van der Waals surface area contributed by atoms with E-state index in [1.54, 1.807) is 0 Å². The Morgan fingerprint density at radius 3 is 2.11 bits per heavy atom. The number of benzene rings is 2. The van der Waals surface area contributed by atoms with Crippen molar-refractivity contribution >= 4 is 17.8 Å². The fraction of sp³-hybridized carbons (Fsp3) is 0.378. The number of aromatic hydroxyl groups is 3. The van der Waals surface area contributed by atoms with Gasteiger partial charge in [0.2, 0.25) is 12.6 Å². The third-order valence-electron chi connectivity index (χ3n) is 9.19. The first-order valence-corrected chi connectivity index (χ1v) is 17.0. The summed E-state index contributed by atoms with van der Waals surface area (Å²) < 4.78 is 39.5. The molecule has 2 aromatic carbocycles. The Labute approximate surface area is 317 Å². The number of fused-ring (bicyclic) bond motifs is 1. The van der Waals surface area contributed by atoms with Crippen LogP contribution < -0.4 is 4.74 Å². The van der Waals surface area contributed by atoms with Crippen LogP contribution in [0.5, 0.6) is 23.0 Å². The normalized spacial score (nSPS) is 31.7. The van der Waals surface area contributed by atoms with Gasteiger partial charge in [-0.05, 0) is 48.0 Å². The molecule has 2 saturated heterocycles. The first-order chi connectivity index (χ1) is 26.7. The molecule has 11 atom stereocenters. The van der Waals surface area contributed by atoms with Crippen molar-refractivity contribution in [2.45, 2.75) is 67.5 Å². The van der Waals surface area contributed by atoms with Crippen molar-refractivity contribution in [3.05, 3.63) is 94.7 Å². The predicted molar refractivity (Wildman–Crippen MR) is 186 cm³/mol. The molecule has 11 unspecified atom stereocenters. The van der Waals surface area contributed by atoms with Crippen LogP contribution in [0, 0.1) is 0 Å². The molecule has 0 saturated carbocycles. The largest absolute Gasteiger partial charge is 0.508 e. The van der Waals surface area contributed by atoms with Gasteiger partial charge in [-0.15, -0.1) is 0 Å². The standard InChI is InChI=1S/C37H40O19/c1-50-24-8-15(2-5-20(24)41)3-7-28(43)51-14-27-30(45)32(47)34(49)37(56-27)54-25-12-18-22(52-35(25)16-4-6-19(40)21(42)9-16)10-17(39)11-23(18)53-36-33(48)31(46)29(44)26(13-38)55-36/h2-12,22,26-27,29-34,36-42,44-49H,13-14H2,1H3. The number of phenols is 3. The number of aliphatic hydroxyl groups excluding tert-OH is 8. The molecule has 0 spiro atoms. The second-order valence-corrected chi connectivity index (χ2v) is 13.0. The molecule has 3 aliphatic heterocycles. The molecule has 0 aromatic heterocycles. The van der Waals surface area contributed by atoms with Gasteiger partial charge in [-0.25, -0.2) is 4.79 Å². The van der Waals surface area contributed by atoms with Gasteiger partial charge < -0.3 is 89.3 Å². The predicted octanol–water partition coefficient (Wildman–Crippen LogP) is -0.958. The Bertz CT molecular complexity index is 1930. The number of hydrogen-bond donors (Lipinski definition) is 11. The number of allylic oxidation sites excluding steroid dienone is 2. The van der Waals surface area contributed by atoms with E-state index in [0.29, 0.717) is 5.56 Å². The minimum atomic E-state index is -1.92.